The Morgan fingerprint density at radius 3 is 0.816 bits per heavy atom. The number of ether oxygens (including phenoxy) is 3. The summed E-state index contributed by atoms with van der Waals surface area (Å²) in [6.45, 7) is 6.36. The highest BCUT2D eigenvalue weighted by atomic mass is 16.6. The monoisotopic (exact) mass is 1050 g/mol. The van der Waals surface area contributed by atoms with Crippen molar-refractivity contribution in [2.24, 2.45) is 0 Å². The van der Waals surface area contributed by atoms with Crippen LogP contribution in [-0.2, 0) is 28.6 Å². The minimum absolute atomic E-state index is 0.104. The molecule has 0 N–H and O–H groups in total. The van der Waals surface area contributed by atoms with Crippen molar-refractivity contribution in [1.29, 1.82) is 0 Å². The molecule has 0 aromatic carbocycles. The van der Waals surface area contributed by atoms with Crippen LogP contribution in [0.2, 0.25) is 0 Å². The van der Waals surface area contributed by atoms with Gasteiger partial charge in [0.25, 0.3) is 0 Å². The zero-order chi connectivity index (χ0) is 55.0. The summed E-state index contributed by atoms with van der Waals surface area (Å²) in [5.41, 5.74) is 0. The summed E-state index contributed by atoms with van der Waals surface area (Å²) < 4.78 is 16.9. The molecule has 0 aliphatic carbocycles. The fraction of sp³-hybridized carbons (Fsp3) is 0.614. The van der Waals surface area contributed by atoms with E-state index in [0.29, 0.717) is 19.3 Å². The summed E-state index contributed by atoms with van der Waals surface area (Å²) in [6, 6.07) is 0. The fourth-order valence-corrected chi connectivity index (χ4v) is 8.00. The first-order chi connectivity index (χ1) is 37.5. The molecule has 0 aromatic heterocycles. The number of hydrogen-bond donors (Lipinski definition) is 0. The molecule has 0 bridgehead atoms. The first-order valence-electron chi connectivity index (χ1n) is 30.8. The van der Waals surface area contributed by atoms with E-state index in [1.807, 2.05) is 0 Å². The Labute approximate surface area is 467 Å². The van der Waals surface area contributed by atoms with Gasteiger partial charge in [0.2, 0.25) is 0 Å². The van der Waals surface area contributed by atoms with E-state index in [2.05, 4.69) is 167 Å². The first-order valence-corrected chi connectivity index (χ1v) is 30.8. The molecule has 0 fully saturated rings. The molecule has 0 radical (unpaired) electrons. The van der Waals surface area contributed by atoms with Gasteiger partial charge >= 0.3 is 17.9 Å². The van der Waals surface area contributed by atoms with Gasteiger partial charge in [-0.3, -0.25) is 14.4 Å². The molecule has 1 atom stereocenters. The standard InChI is InChI=1S/C70H112O6/c1-4-7-10-13-16-19-22-25-28-30-32-34-35-37-38-40-42-45-48-51-54-57-60-63-69(72)75-66-67(65-74-68(71)62-59-56-53-50-47-44-27-24-21-18-15-12-9-6-3)76-70(73)64-61-58-55-52-49-46-43-41-39-36-33-31-29-26-23-20-17-14-11-8-5-2/h7-8,10-11,16-17,19-20,24-29,32-34,36-38,41-43,45,67H,4-6,9,12-15,18,21-23,30-31,35,39-40,44,46-66H2,1-3H3/b10-7-,11-8-,19-16-,20-17-,27-24-,28-25-,29-26-,34-32-,36-33-,38-37-,43-41-,45-42-. The Bertz CT molecular complexity index is 1680. The summed E-state index contributed by atoms with van der Waals surface area (Å²) in [5, 5.41) is 0. The summed E-state index contributed by atoms with van der Waals surface area (Å²) in [6.07, 6.45) is 89.8. The van der Waals surface area contributed by atoms with Gasteiger partial charge in [0.15, 0.2) is 6.10 Å². The smallest absolute Gasteiger partial charge is 0.306 e. The van der Waals surface area contributed by atoms with Crippen molar-refractivity contribution in [3.05, 3.63) is 146 Å². The number of hydrogen-bond acceptors (Lipinski definition) is 6. The van der Waals surface area contributed by atoms with Crippen molar-refractivity contribution in [3.8, 4) is 0 Å². The van der Waals surface area contributed by atoms with Crippen LogP contribution < -0.4 is 0 Å². The molecular weight excluding hydrogens is 937 g/mol. The molecule has 1 unspecified atom stereocenters. The van der Waals surface area contributed by atoms with Gasteiger partial charge in [-0.1, -0.05) is 244 Å². The number of unbranched alkanes of at least 4 members (excludes halogenated alkanes) is 19. The van der Waals surface area contributed by atoms with Crippen LogP contribution in [0.25, 0.3) is 0 Å². The third-order valence-corrected chi connectivity index (χ3v) is 12.6. The molecule has 0 spiro atoms. The largest absolute Gasteiger partial charge is 0.462 e. The number of esters is 3. The van der Waals surface area contributed by atoms with Gasteiger partial charge in [0.1, 0.15) is 13.2 Å². The highest BCUT2D eigenvalue weighted by Gasteiger charge is 2.19. The van der Waals surface area contributed by atoms with E-state index in [9.17, 15) is 14.4 Å². The predicted octanol–water partition coefficient (Wildman–Crippen LogP) is 21.2. The van der Waals surface area contributed by atoms with Crippen molar-refractivity contribution in [3.63, 3.8) is 0 Å². The highest BCUT2D eigenvalue weighted by molar-refractivity contribution is 5.71. The average molecular weight is 1050 g/mol. The van der Waals surface area contributed by atoms with Gasteiger partial charge in [-0.25, -0.2) is 0 Å². The van der Waals surface area contributed by atoms with Crippen LogP contribution >= 0.6 is 0 Å². The van der Waals surface area contributed by atoms with E-state index in [-0.39, 0.29) is 31.1 Å². The Morgan fingerprint density at radius 2 is 0.513 bits per heavy atom. The lowest BCUT2D eigenvalue weighted by atomic mass is 10.1. The molecule has 0 aliphatic rings. The molecule has 428 valence electrons. The van der Waals surface area contributed by atoms with Gasteiger partial charge < -0.3 is 14.2 Å². The molecule has 0 heterocycles. The number of rotatable bonds is 54. The molecule has 0 saturated heterocycles. The van der Waals surface area contributed by atoms with Gasteiger partial charge in [-0.2, -0.15) is 0 Å². The van der Waals surface area contributed by atoms with Crippen LogP contribution in [-0.4, -0.2) is 37.2 Å². The quantitative estimate of drug-likeness (QED) is 0.0261. The van der Waals surface area contributed by atoms with Crippen molar-refractivity contribution in [1.82, 2.24) is 0 Å². The van der Waals surface area contributed by atoms with E-state index < -0.39 is 6.10 Å². The molecule has 0 aromatic rings. The fourth-order valence-electron chi connectivity index (χ4n) is 8.00. The molecule has 0 saturated carbocycles. The van der Waals surface area contributed by atoms with Gasteiger partial charge in [0.05, 0.1) is 0 Å². The zero-order valence-corrected chi connectivity index (χ0v) is 49.0. The van der Waals surface area contributed by atoms with Crippen LogP contribution in [0.1, 0.15) is 258 Å². The number of allylic oxidation sites excluding steroid dienone is 24. The summed E-state index contributed by atoms with van der Waals surface area (Å²) in [5.74, 6) is -0.959. The molecule has 0 aliphatic heterocycles. The van der Waals surface area contributed by atoms with Crippen LogP contribution in [0.3, 0.4) is 0 Å². The second kappa shape index (κ2) is 62.8. The van der Waals surface area contributed by atoms with Crippen molar-refractivity contribution >= 4 is 17.9 Å². The Morgan fingerprint density at radius 1 is 0.276 bits per heavy atom. The molecule has 0 amide bonds. The Kier molecular flexibility index (Phi) is 58.9. The topological polar surface area (TPSA) is 78.9 Å². The third kappa shape index (κ3) is 60.2. The average Bonchev–Trinajstić information content (AvgIpc) is 3.42. The Balaban J connectivity index is 4.50. The summed E-state index contributed by atoms with van der Waals surface area (Å²) in [4.78, 5) is 38.3. The van der Waals surface area contributed by atoms with E-state index >= 15 is 0 Å². The van der Waals surface area contributed by atoms with Gasteiger partial charge in [-0.15, -0.1) is 0 Å². The Hall–Kier alpha value is -4.71. The van der Waals surface area contributed by atoms with Crippen molar-refractivity contribution in [2.45, 2.75) is 264 Å². The molecule has 6 nitrogen and oxygen atoms in total. The lowest BCUT2D eigenvalue weighted by molar-refractivity contribution is -0.167. The van der Waals surface area contributed by atoms with Gasteiger partial charge in [0, 0.05) is 19.3 Å². The maximum atomic E-state index is 12.9. The molecule has 6 heteroatoms. The lowest BCUT2D eigenvalue weighted by Gasteiger charge is -2.18. The van der Waals surface area contributed by atoms with Crippen LogP contribution in [0.4, 0.5) is 0 Å². The van der Waals surface area contributed by atoms with Gasteiger partial charge in [-0.05, 0) is 141 Å². The van der Waals surface area contributed by atoms with E-state index in [1.54, 1.807) is 0 Å². The minimum atomic E-state index is -0.811. The maximum Gasteiger partial charge on any atom is 0.306 e. The van der Waals surface area contributed by atoms with Crippen LogP contribution in [0.5, 0.6) is 0 Å². The normalized spacial score (nSPS) is 13.1. The highest BCUT2D eigenvalue weighted by Crippen LogP contribution is 2.14. The van der Waals surface area contributed by atoms with E-state index in [0.717, 1.165) is 173 Å². The molecule has 76 heavy (non-hydrogen) atoms. The predicted molar refractivity (Wildman–Crippen MR) is 329 cm³/mol. The van der Waals surface area contributed by atoms with Crippen LogP contribution in [0.15, 0.2) is 146 Å². The third-order valence-electron chi connectivity index (χ3n) is 12.6. The second-order valence-corrected chi connectivity index (χ2v) is 19.8. The maximum absolute atomic E-state index is 12.9. The van der Waals surface area contributed by atoms with Crippen molar-refractivity contribution in [2.75, 3.05) is 13.2 Å². The first kappa shape index (κ1) is 71.3. The van der Waals surface area contributed by atoms with Crippen LogP contribution in [0, 0.1) is 0 Å². The zero-order valence-electron chi connectivity index (χ0n) is 49.0. The molecular formula is C70H112O6. The summed E-state index contributed by atoms with van der Waals surface area (Å²) >= 11 is 0. The summed E-state index contributed by atoms with van der Waals surface area (Å²) in [7, 11) is 0. The number of carbonyl (C=O) groups is 3. The SMILES string of the molecule is CC/C=C\C/C=C\C/C=C\C/C=C\C/C=C\C/C=C\CCCCCCC(=O)OCC(COC(=O)CCCCCCC/C=C\CCCCCCC)OC(=O)CCCCCCC/C=C\C/C=C\C/C=C\C/C=C\C/C=C\CC. The van der Waals surface area contributed by atoms with Crippen molar-refractivity contribution < 1.29 is 28.6 Å². The van der Waals surface area contributed by atoms with E-state index in [1.165, 1.54) is 44.9 Å². The second-order valence-electron chi connectivity index (χ2n) is 19.8. The molecule has 0 rings (SSSR count). The lowest BCUT2D eigenvalue weighted by Crippen LogP contribution is -2.30. The van der Waals surface area contributed by atoms with E-state index in [4.69, 9.17) is 14.2 Å². The minimum Gasteiger partial charge on any atom is -0.462 e. The number of carbonyl (C=O) groups excluding carboxylic acids is 3.